The second-order valence-corrected chi connectivity index (χ2v) is 4.02. The fraction of sp³-hybridized carbons (Fsp3) is 0.231. The molecule has 0 aromatic carbocycles. The van der Waals surface area contributed by atoms with Crippen LogP contribution in [-0.2, 0) is 0 Å². The van der Waals surface area contributed by atoms with Crippen molar-refractivity contribution in [3.05, 3.63) is 48.3 Å². The second kappa shape index (κ2) is 4.02. The third-order valence-corrected chi connectivity index (χ3v) is 2.90. The Morgan fingerprint density at radius 1 is 1.00 bits per heavy atom. The summed E-state index contributed by atoms with van der Waals surface area (Å²) in [7, 11) is 0. The zero-order valence-corrected chi connectivity index (χ0v) is 8.93. The summed E-state index contributed by atoms with van der Waals surface area (Å²) >= 11 is 0. The number of aromatic nitrogens is 2. The zero-order valence-electron chi connectivity index (χ0n) is 8.93. The molecule has 1 aliphatic heterocycles. The van der Waals surface area contributed by atoms with E-state index < -0.39 is 0 Å². The maximum atomic E-state index is 4.66. The van der Waals surface area contributed by atoms with Gasteiger partial charge in [-0.1, -0.05) is 12.1 Å². The maximum Gasteiger partial charge on any atom is 0.0889 e. The molecule has 0 saturated carbocycles. The van der Waals surface area contributed by atoms with Gasteiger partial charge in [0.1, 0.15) is 0 Å². The molecule has 2 aromatic heterocycles. The van der Waals surface area contributed by atoms with E-state index in [0.29, 0.717) is 5.92 Å². The molecule has 0 spiro atoms. The van der Waals surface area contributed by atoms with Crippen molar-refractivity contribution in [2.45, 2.75) is 5.92 Å². The van der Waals surface area contributed by atoms with Crippen molar-refractivity contribution in [1.29, 1.82) is 0 Å². The van der Waals surface area contributed by atoms with Gasteiger partial charge in [0.05, 0.1) is 11.4 Å². The van der Waals surface area contributed by atoms with Crippen LogP contribution >= 0.6 is 0 Å². The van der Waals surface area contributed by atoms with Crippen LogP contribution < -0.4 is 5.32 Å². The molecule has 3 rings (SSSR count). The predicted octanol–water partition coefficient (Wildman–Crippen LogP) is 1.83. The van der Waals surface area contributed by atoms with Crippen LogP contribution in [0.2, 0.25) is 0 Å². The fourth-order valence-electron chi connectivity index (χ4n) is 1.83. The normalized spacial score (nSPS) is 15.8. The van der Waals surface area contributed by atoms with E-state index in [-0.39, 0.29) is 0 Å². The highest BCUT2D eigenvalue weighted by atomic mass is 15.0. The van der Waals surface area contributed by atoms with Gasteiger partial charge in [0.2, 0.25) is 0 Å². The predicted molar refractivity (Wildman–Crippen MR) is 63.1 cm³/mol. The van der Waals surface area contributed by atoms with E-state index in [1.807, 2.05) is 24.3 Å². The smallest absolute Gasteiger partial charge is 0.0889 e. The molecule has 3 nitrogen and oxygen atoms in total. The number of rotatable bonds is 2. The van der Waals surface area contributed by atoms with Gasteiger partial charge in [0.15, 0.2) is 0 Å². The van der Waals surface area contributed by atoms with E-state index in [9.17, 15) is 0 Å². The Kier molecular flexibility index (Phi) is 2.38. The van der Waals surface area contributed by atoms with E-state index in [0.717, 1.165) is 24.5 Å². The van der Waals surface area contributed by atoms with E-state index in [1.165, 1.54) is 5.69 Å². The molecular weight excluding hydrogens is 198 g/mol. The summed E-state index contributed by atoms with van der Waals surface area (Å²) in [6.45, 7) is 2.08. The Morgan fingerprint density at radius 2 is 1.88 bits per heavy atom. The first-order valence-electron chi connectivity index (χ1n) is 5.52. The summed E-state index contributed by atoms with van der Waals surface area (Å²) in [4.78, 5) is 8.98. The van der Waals surface area contributed by atoms with Gasteiger partial charge in [-0.2, -0.15) is 0 Å². The summed E-state index contributed by atoms with van der Waals surface area (Å²) in [5.74, 6) is 0.573. The topological polar surface area (TPSA) is 37.8 Å². The number of nitrogens with zero attached hydrogens (tertiary/aromatic N) is 2. The van der Waals surface area contributed by atoms with Gasteiger partial charge < -0.3 is 5.32 Å². The van der Waals surface area contributed by atoms with Crippen LogP contribution in [0.25, 0.3) is 11.4 Å². The number of hydrogen-bond acceptors (Lipinski definition) is 3. The molecule has 0 aliphatic carbocycles. The van der Waals surface area contributed by atoms with Crippen molar-refractivity contribution in [3.8, 4) is 11.4 Å². The standard InChI is InChI=1S/C13H13N3/c1-2-7-15-12(4-1)13-6-3-5-11(16-13)10-8-14-9-10/h1-7,10,14H,8-9H2. The first kappa shape index (κ1) is 9.48. The summed E-state index contributed by atoms with van der Waals surface area (Å²) in [5.41, 5.74) is 3.07. The van der Waals surface area contributed by atoms with Gasteiger partial charge >= 0.3 is 0 Å². The molecule has 1 N–H and O–H groups in total. The highest BCUT2D eigenvalue weighted by Gasteiger charge is 2.20. The molecule has 80 valence electrons. The molecule has 0 radical (unpaired) electrons. The van der Waals surface area contributed by atoms with Crippen molar-refractivity contribution < 1.29 is 0 Å². The Bertz CT molecular complexity index is 478. The Labute approximate surface area is 94.6 Å². The van der Waals surface area contributed by atoms with Gasteiger partial charge in [-0.05, 0) is 24.3 Å². The minimum atomic E-state index is 0.573. The Hall–Kier alpha value is -1.74. The van der Waals surface area contributed by atoms with Gasteiger partial charge in [-0.15, -0.1) is 0 Å². The van der Waals surface area contributed by atoms with E-state index >= 15 is 0 Å². The minimum Gasteiger partial charge on any atom is -0.315 e. The third-order valence-electron chi connectivity index (χ3n) is 2.90. The van der Waals surface area contributed by atoms with Crippen LogP contribution in [0.4, 0.5) is 0 Å². The summed E-state index contributed by atoms with van der Waals surface area (Å²) in [6, 6.07) is 12.1. The lowest BCUT2D eigenvalue weighted by molar-refractivity contribution is 0.440. The average Bonchev–Trinajstić information content (AvgIpc) is 2.28. The van der Waals surface area contributed by atoms with Crippen LogP contribution in [0.3, 0.4) is 0 Å². The largest absolute Gasteiger partial charge is 0.315 e. The first-order valence-corrected chi connectivity index (χ1v) is 5.52. The number of pyridine rings is 2. The number of hydrogen-bond donors (Lipinski definition) is 1. The molecule has 0 atom stereocenters. The summed E-state index contributed by atoms with van der Waals surface area (Å²) < 4.78 is 0. The number of nitrogens with one attached hydrogen (secondary N) is 1. The summed E-state index contributed by atoms with van der Waals surface area (Å²) in [6.07, 6.45) is 1.80. The highest BCUT2D eigenvalue weighted by Crippen LogP contribution is 2.21. The highest BCUT2D eigenvalue weighted by molar-refractivity contribution is 5.53. The maximum absolute atomic E-state index is 4.66. The fourth-order valence-corrected chi connectivity index (χ4v) is 1.83. The van der Waals surface area contributed by atoms with Crippen molar-refractivity contribution in [2.24, 2.45) is 0 Å². The second-order valence-electron chi connectivity index (χ2n) is 4.02. The molecule has 3 heterocycles. The zero-order chi connectivity index (χ0) is 10.8. The molecule has 0 amide bonds. The van der Waals surface area contributed by atoms with Crippen LogP contribution in [0.15, 0.2) is 42.6 Å². The lowest BCUT2D eigenvalue weighted by atomic mass is 9.98. The van der Waals surface area contributed by atoms with Crippen molar-refractivity contribution in [1.82, 2.24) is 15.3 Å². The van der Waals surface area contributed by atoms with Gasteiger partial charge in [-0.25, -0.2) is 0 Å². The molecule has 2 aromatic rings. The summed E-state index contributed by atoms with van der Waals surface area (Å²) in [5, 5.41) is 3.26. The monoisotopic (exact) mass is 211 g/mol. The molecular formula is C13H13N3. The van der Waals surface area contributed by atoms with E-state index in [1.54, 1.807) is 6.20 Å². The molecule has 0 unspecified atom stereocenters. The van der Waals surface area contributed by atoms with Crippen molar-refractivity contribution >= 4 is 0 Å². The lowest BCUT2D eigenvalue weighted by Crippen LogP contribution is -2.40. The molecule has 3 heteroatoms. The van der Waals surface area contributed by atoms with E-state index in [4.69, 9.17) is 0 Å². The molecule has 1 fully saturated rings. The van der Waals surface area contributed by atoms with Gasteiger partial charge in [-0.3, -0.25) is 9.97 Å². The quantitative estimate of drug-likeness (QED) is 0.823. The first-order chi connectivity index (χ1) is 7.93. The minimum absolute atomic E-state index is 0.573. The van der Waals surface area contributed by atoms with Crippen LogP contribution in [0.1, 0.15) is 11.6 Å². The molecule has 0 bridgehead atoms. The molecule has 16 heavy (non-hydrogen) atoms. The van der Waals surface area contributed by atoms with Crippen LogP contribution in [-0.4, -0.2) is 23.1 Å². The Morgan fingerprint density at radius 3 is 2.56 bits per heavy atom. The lowest BCUT2D eigenvalue weighted by Gasteiger charge is -2.26. The van der Waals surface area contributed by atoms with Crippen LogP contribution in [0, 0.1) is 0 Å². The van der Waals surface area contributed by atoms with Crippen molar-refractivity contribution in [2.75, 3.05) is 13.1 Å². The van der Waals surface area contributed by atoms with Crippen molar-refractivity contribution in [3.63, 3.8) is 0 Å². The third kappa shape index (κ3) is 1.70. The SMILES string of the molecule is c1ccc(-c2cccc(C3CNC3)n2)nc1. The van der Waals surface area contributed by atoms with Crippen LogP contribution in [0.5, 0.6) is 0 Å². The van der Waals surface area contributed by atoms with E-state index in [2.05, 4.69) is 27.4 Å². The molecule has 1 aliphatic rings. The average molecular weight is 211 g/mol. The Balaban J connectivity index is 1.96. The van der Waals surface area contributed by atoms with Gasteiger partial charge in [0, 0.05) is 30.9 Å². The van der Waals surface area contributed by atoms with Gasteiger partial charge in [0.25, 0.3) is 0 Å². The molecule has 1 saturated heterocycles.